The van der Waals surface area contributed by atoms with Crippen LogP contribution in [0.15, 0.2) is 41.6 Å². The summed E-state index contributed by atoms with van der Waals surface area (Å²) in [6.07, 6.45) is -0.525. The first-order valence-corrected chi connectivity index (χ1v) is 7.87. The average Bonchev–Trinajstić information content (AvgIpc) is 2.45. The average molecular weight is 304 g/mol. The minimum atomic E-state index is -0.525. The highest BCUT2D eigenvalue weighted by atomic mass is 32.2. The predicted molar refractivity (Wildman–Crippen MR) is 84.3 cm³/mol. The fourth-order valence-corrected chi connectivity index (χ4v) is 2.72. The molecular weight excluding hydrogens is 284 g/mol. The highest BCUT2D eigenvalue weighted by molar-refractivity contribution is 7.99. The van der Waals surface area contributed by atoms with E-state index in [1.54, 1.807) is 0 Å². The van der Waals surface area contributed by atoms with E-state index in [1.807, 2.05) is 50.2 Å². The van der Waals surface area contributed by atoms with Crippen LogP contribution in [-0.2, 0) is 11.3 Å². The number of benzene rings is 1. The quantitative estimate of drug-likeness (QED) is 0.629. The number of aromatic nitrogens is 2. The summed E-state index contributed by atoms with van der Waals surface area (Å²) in [5.41, 5.74) is 3.00. The second kappa shape index (κ2) is 8.12. The van der Waals surface area contributed by atoms with E-state index in [9.17, 15) is 5.11 Å². The number of aliphatic hydroxyl groups is 1. The molecule has 2 rings (SSSR count). The number of aryl methyl sites for hydroxylation is 2. The number of aliphatic hydroxyl groups excluding tert-OH is 1. The summed E-state index contributed by atoms with van der Waals surface area (Å²) < 4.78 is 5.51. The maximum Gasteiger partial charge on any atom is 0.188 e. The highest BCUT2D eigenvalue weighted by Gasteiger charge is 2.08. The van der Waals surface area contributed by atoms with Gasteiger partial charge in [0.1, 0.15) is 0 Å². The van der Waals surface area contributed by atoms with Crippen molar-refractivity contribution in [2.24, 2.45) is 0 Å². The lowest BCUT2D eigenvalue weighted by molar-refractivity contribution is 0.0398. The van der Waals surface area contributed by atoms with Crippen LogP contribution in [0.4, 0.5) is 0 Å². The second-order valence-corrected chi connectivity index (χ2v) is 5.89. The minimum Gasteiger partial charge on any atom is -0.390 e. The van der Waals surface area contributed by atoms with Crippen LogP contribution in [0.25, 0.3) is 0 Å². The SMILES string of the molecule is Cc1cc(C)nc(SC[C@H](O)COCc2ccccc2)n1. The van der Waals surface area contributed by atoms with Crippen LogP contribution in [0, 0.1) is 13.8 Å². The zero-order valence-electron chi connectivity index (χ0n) is 12.3. The second-order valence-electron chi connectivity index (χ2n) is 4.90. The van der Waals surface area contributed by atoms with Crippen LogP contribution >= 0.6 is 11.8 Å². The summed E-state index contributed by atoms with van der Waals surface area (Å²) in [5.74, 6) is 0.525. The Hall–Kier alpha value is -1.43. The van der Waals surface area contributed by atoms with Gasteiger partial charge in [-0.3, -0.25) is 0 Å². The molecule has 0 aliphatic rings. The first-order chi connectivity index (χ1) is 10.1. The van der Waals surface area contributed by atoms with E-state index < -0.39 is 6.10 Å². The Bertz CT molecular complexity index is 543. The van der Waals surface area contributed by atoms with Crippen LogP contribution in [0.2, 0.25) is 0 Å². The molecule has 1 aromatic heterocycles. The predicted octanol–water partition coefficient (Wildman–Crippen LogP) is 2.76. The van der Waals surface area contributed by atoms with Crippen molar-refractivity contribution in [3.63, 3.8) is 0 Å². The molecule has 0 bridgehead atoms. The summed E-state index contributed by atoms with van der Waals surface area (Å²) in [6, 6.07) is 11.9. The third-order valence-electron chi connectivity index (χ3n) is 2.79. The summed E-state index contributed by atoms with van der Waals surface area (Å²) in [6.45, 7) is 4.71. The van der Waals surface area contributed by atoms with Gasteiger partial charge in [-0.15, -0.1) is 0 Å². The van der Waals surface area contributed by atoms with Crippen LogP contribution in [0.5, 0.6) is 0 Å². The van der Waals surface area contributed by atoms with Gasteiger partial charge < -0.3 is 9.84 Å². The van der Waals surface area contributed by atoms with Crippen molar-refractivity contribution in [3.05, 3.63) is 53.3 Å². The van der Waals surface area contributed by atoms with Crippen molar-refractivity contribution in [1.29, 1.82) is 0 Å². The molecule has 0 fully saturated rings. The molecule has 1 heterocycles. The third kappa shape index (κ3) is 5.83. The lowest BCUT2D eigenvalue weighted by atomic mass is 10.2. The monoisotopic (exact) mass is 304 g/mol. The van der Waals surface area contributed by atoms with Crippen molar-refractivity contribution in [3.8, 4) is 0 Å². The molecule has 21 heavy (non-hydrogen) atoms. The molecule has 2 aromatic rings. The summed E-state index contributed by atoms with van der Waals surface area (Å²) in [7, 11) is 0. The molecule has 0 aliphatic carbocycles. The molecule has 0 saturated carbocycles. The number of nitrogens with zero attached hydrogens (tertiary/aromatic N) is 2. The molecule has 0 unspecified atom stereocenters. The fourth-order valence-electron chi connectivity index (χ4n) is 1.86. The van der Waals surface area contributed by atoms with E-state index in [1.165, 1.54) is 11.8 Å². The van der Waals surface area contributed by atoms with E-state index in [-0.39, 0.29) is 0 Å². The molecule has 0 saturated heterocycles. The van der Waals surface area contributed by atoms with Crippen LogP contribution < -0.4 is 0 Å². The Morgan fingerprint density at radius 2 is 1.81 bits per heavy atom. The Kier molecular flexibility index (Phi) is 6.17. The molecule has 0 amide bonds. The summed E-state index contributed by atoms with van der Waals surface area (Å²) in [4.78, 5) is 8.67. The topological polar surface area (TPSA) is 55.2 Å². The molecule has 1 N–H and O–H groups in total. The third-order valence-corrected chi connectivity index (χ3v) is 3.78. The number of hydrogen-bond acceptors (Lipinski definition) is 5. The molecule has 4 nitrogen and oxygen atoms in total. The van der Waals surface area contributed by atoms with Gasteiger partial charge in [-0.25, -0.2) is 9.97 Å². The van der Waals surface area contributed by atoms with Crippen molar-refractivity contribution in [2.45, 2.75) is 31.7 Å². The van der Waals surface area contributed by atoms with Crippen LogP contribution in [0.3, 0.4) is 0 Å². The van der Waals surface area contributed by atoms with Gasteiger partial charge in [0.15, 0.2) is 5.16 Å². The molecule has 0 radical (unpaired) electrons. The standard InChI is InChI=1S/C16H20N2O2S/c1-12-8-13(2)18-16(17-12)21-11-15(19)10-20-9-14-6-4-3-5-7-14/h3-8,15,19H,9-11H2,1-2H3/t15-/m1/s1. The lowest BCUT2D eigenvalue weighted by Crippen LogP contribution is -2.18. The molecule has 1 aromatic carbocycles. The number of ether oxygens (including phenoxy) is 1. The summed E-state index contributed by atoms with van der Waals surface area (Å²) >= 11 is 1.45. The van der Waals surface area contributed by atoms with Gasteiger partial charge in [0.05, 0.1) is 19.3 Å². The molecule has 5 heteroatoms. The van der Waals surface area contributed by atoms with E-state index in [0.717, 1.165) is 17.0 Å². The molecule has 0 aliphatic heterocycles. The molecular formula is C16H20N2O2S. The van der Waals surface area contributed by atoms with Gasteiger partial charge >= 0.3 is 0 Å². The van der Waals surface area contributed by atoms with Crippen molar-refractivity contribution in [1.82, 2.24) is 9.97 Å². The maximum atomic E-state index is 9.93. The van der Waals surface area contributed by atoms with Crippen molar-refractivity contribution in [2.75, 3.05) is 12.4 Å². The van der Waals surface area contributed by atoms with Crippen LogP contribution in [0.1, 0.15) is 17.0 Å². The Morgan fingerprint density at radius 3 is 2.48 bits per heavy atom. The van der Waals surface area contributed by atoms with Crippen molar-refractivity contribution < 1.29 is 9.84 Å². The highest BCUT2D eigenvalue weighted by Crippen LogP contribution is 2.15. The minimum absolute atomic E-state index is 0.312. The number of rotatable bonds is 7. The van der Waals surface area contributed by atoms with E-state index in [0.29, 0.717) is 24.1 Å². The van der Waals surface area contributed by atoms with Gasteiger partial charge in [-0.05, 0) is 25.5 Å². The molecule has 0 spiro atoms. The number of hydrogen-bond donors (Lipinski definition) is 1. The Labute approximate surface area is 129 Å². The Morgan fingerprint density at radius 1 is 1.14 bits per heavy atom. The lowest BCUT2D eigenvalue weighted by Gasteiger charge is -2.11. The fraction of sp³-hybridized carbons (Fsp3) is 0.375. The van der Waals surface area contributed by atoms with Gasteiger partial charge in [-0.1, -0.05) is 42.1 Å². The largest absolute Gasteiger partial charge is 0.390 e. The molecule has 1 atom stereocenters. The first-order valence-electron chi connectivity index (χ1n) is 6.88. The van der Waals surface area contributed by atoms with E-state index >= 15 is 0 Å². The zero-order valence-corrected chi connectivity index (χ0v) is 13.1. The van der Waals surface area contributed by atoms with Crippen molar-refractivity contribution >= 4 is 11.8 Å². The van der Waals surface area contributed by atoms with Gasteiger partial charge in [0, 0.05) is 17.1 Å². The normalized spacial score (nSPS) is 12.3. The van der Waals surface area contributed by atoms with E-state index in [4.69, 9.17) is 4.74 Å². The summed E-state index contributed by atoms with van der Waals surface area (Å²) in [5, 5.41) is 10.6. The maximum absolute atomic E-state index is 9.93. The van der Waals surface area contributed by atoms with Crippen LogP contribution in [-0.4, -0.2) is 33.5 Å². The molecule has 112 valence electrons. The number of thioether (sulfide) groups is 1. The van der Waals surface area contributed by atoms with E-state index in [2.05, 4.69) is 9.97 Å². The Balaban J connectivity index is 1.71. The van der Waals surface area contributed by atoms with Gasteiger partial charge in [0.2, 0.25) is 0 Å². The van der Waals surface area contributed by atoms with Gasteiger partial charge in [0.25, 0.3) is 0 Å². The zero-order chi connectivity index (χ0) is 15.1. The van der Waals surface area contributed by atoms with Gasteiger partial charge in [-0.2, -0.15) is 0 Å². The first kappa shape index (κ1) is 15.9. The smallest absolute Gasteiger partial charge is 0.188 e.